The first-order valence-corrected chi connectivity index (χ1v) is 27.3. The van der Waals surface area contributed by atoms with Crippen LogP contribution in [0.25, 0.3) is 0 Å². The Bertz CT molecular complexity index is 992. The summed E-state index contributed by atoms with van der Waals surface area (Å²) in [5.74, 6) is 0.0840. The first-order chi connectivity index (χ1) is 30.9. The van der Waals surface area contributed by atoms with Crippen LogP contribution < -0.4 is 39.8 Å². The van der Waals surface area contributed by atoms with E-state index in [1.54, 1.807) is 0 Å². The molecular formula is C54H112Cl2N6O3. The lowest BCUT2D eigenvalue weighted by molar-refractivity contribution is -0.892. The number of unbranched alkanes of at least 4 members (excludes halogenated alkanes) is 24. The molecule has 0 spiro atoms. The van der Waals surface area contributed by atoms with Gasteiger partial charge in [0.25, 0.3) is 0 Å². The van der Waals surface area contributed by atoms with Gasteiger partial charge in [0.1, 0.15) is 12.6 Å². The van der Waals surface area contributed by atoms with Crippen molar-refractivity contribution in [2.45, 2.75) is 231 Å². The Balaban J connectivity index is -0.0000192. The molecule has 0 aromatic carbocycles. The number of nitrogens with zero attached hydrogens (tertiary/aromatic N) is 1. The van der Waals surface area contributed by atoms with E-state index >= 15 is 0 Å². The summed E-state index contributed by atoms with van der Waals surface area (Å²) in [4.78, 5) is 13.3. The van der Waals surface area contributed by atoms with Gasteiger partial charge in [0.05, 0.1) is 39.8 Å². The molecule has 390 valence electrons. The zero-order chi connectivity index (χ0) is 46.0. The van der Waals surface area contributed by atoms with Crippen molar-refractivity contribution >= 4 is 18.3 Å². The van der Waals surface area contributed by atoms with Crippen LogP contribution in [0.3, 0.4) is 0 Å². The number of allylic oxidation sites excluding steroid dienone is 4. The van der Waals surface area contributed by atoms with Crippen LogP contribution in [0.4, 0.5) is 0 Å². The molecule has 0 fully saturated rings. The van der Waals surface area contributed by atoms with Gasteiger partial charge in [-0.25, -0.2) is 0 Å². The minimum atomic E-state index is -0.203. The second kappa shape index (κ2) is 55.8. The molecule has 0 aliphatic carbocycles. The highest BCUT2D eigenvalue weighted by Gasteiger charge is 2.24. The molecule has 1 amide bonds. The number of hydrogen-bond acceptors (Lipinski definition) is 7. The smallest absolute Gasteiger partial charge is 0.237 e. The number of hydrogen-bond donors (Lipinski definition) is 5. The third kappa shape index (κ3) is 52.5. The Morgan fingerprint density at radius 1 is 0.554 bits per heavy atom. The van der Waals surface area contributed by atoms with Crippen LogP contribution in [0.2, 0.25) is 0 Å². The third-order valence-corrected chi connectivity index (χ3v) is 12.3. The number of carbonyl (C=O) groups excluding carboxylic acids is 1. The van der Waals surface area contributed by atoms with Crippen LogP contribution in [-0.4, -0.2) is 109 Å². The van der Waals surface area contributed by atoms with E-state index in [-0.39, 0.29) is 42.9 Å². The minimum absolute atomic E-state index is 0. The maximum Gasteiger partial charge on any atom is 0.237 e. The Labute approximate surface area is 417 Å². The van der Waals surface area contributed by atoms with Gasteiger partial charge in [-0.05, 0) is 123 Å². The molecule has 11 heteroatoms. The highest BCUT2D eigenvalue weighted by molar-refractivity contribution is 5.85. The van der Waals surface area contributed by atoms with Crippen molar-refractivity contribution in [1.29, 1.82) is 0 Å². The van der Waals surface area contributed by atoms with Crippen molar-refractivity contribution in [2.75, 3.05) is 86.3 Å². The summed E-state index contributed by atoms with van der Waals surface area (Å²) in [5, 5.41) is 10.1. The lowest BCUT2D eigenvalue weighted by Gasteiger charge is -2.33. The molecule has 7 N–H and O–H groups in total. The number of rotatable bonds is 52. The second-order valence-corrected chi connectivity index (χ2v) is 19.3. The minimum Gasteiger partial charge on any atom is -1.00 e. The lowest BCUT2D eigenvalue weighted by atomic mass is 10.1. The average Bonchev–Trinajstić information content (AvgIpc) is 3.27. The summed E-state index contributed by atoms with van der Waals surface area (Å²) in [6, 6.07) is -0.203. The summed E-state index contributed by atoms with van der Waals surface area (Å²) >= 11 is 0. The number of likely N-dealkylation sites (N-methyl/N-ethyl adjacent to an activating group) is 1. The number of nitrogens with one attached hydrogen (secondary N) is 3. The Hall–Kier alpha value is -0.750. The van der Waals surface area contributed by atoms with Gasteiger partial charge in [0, 0.05) is 13.2 Å². The van der Waals surface area contributed by atoms with Crippen molar-refractivity contribution < 1.29 is 31.2 Å². The van der Waals surface area contributed by atoms with Crippen molar-refractivity contribution in [3.05, 3.63) is 24.3 Å². The number of amides is 1. The van der Waals surface area contributed by atoms with Crippen LogP contribution in [0, 0.1) is 0 Å². The predicted octanol–water partition coefficient (Wildman–Crippen LogP) is 9.11. The molecule has 0 rings (SSSR count). The van der Waals surface area contributed by atoms with E-state index in [0.29, 0.717) is 26.2 Å². The largest absolute Gasteiger partial charge is 1.00 e. The first kappa shape index (κ1) is 68.5. The van der Waals surface area contributed by atoms with Gasteiger partial charge >= 0.3 is 0 Å². The van der Waals surface area contributed by atoms with Gasteiger partial charge in [-0.2, -0.15) is 0 Å². The van der Waals surface area contributed by atoms with E-state index in [1.807, 2.05) is 0 Å². The predicted molar refractivity (Wildman–Crippen MR) is 283 cm³/mol. The molecule has 0 aromatic heterocycles. The van der Waals surface area contributed by atoms with Gasteiger partial charge in [0.15, 0.2) is 0 Å². The molecule has 0 bridgehead atoms. The molecular weight excluding hydrogens is 852 g/mol. The first-order valence-electron chi connectivity index (χ1n) is 27.3. The molecule has 0 aliphatic heterocycles. The van der Waals surface area contributed by atoms with Crippen molar-refractivity contribution in [3.63, 3.8) is 0 Å². The maximum absolute atomic E-state index is 13.3. The van der Waals surface area contributed by atoms with E-state index in [9.17, 15) is 4.79 Å². The monoisotopic (exact) mass is 963 g/mol. The summed E-state index contributed by atoms with van der Waals surface area (Å²) in [6.07, 6.45) is 50.0. The fraction of sp³-hybridized carbons (Fsp3) is 0.907. The van der Waals surface area contributed by atoms with Gasteiger partial charge in [-0.1, -0.05) is 154 Å². The second-order valence-electron chi connectivity index (χ2n) is 19.3. The van der Waals surface area contributed by atoms with Crippen LogP contribution in [-0.2, 0) is 14.3 Å². The molecule has 9 nitrogen and oxygen atoms in total. The molecule has 0 heterocycles. The Morgan fingerprint density at radius 3 is 1.48 bits per heavy atom. The quantitative estimate of drug-likeness (QED) is 0.0234. The summed E-state index contributed by atoms with van der Waals surface area (Å²) in [6.45, 7) is 13.0. The molecule has 0 aliphatic rings. The van der Waals surface area contributed by atoms with E-state index in [2.05, 4.69) is 68.2 Å². The Kier molecular flexibility index (Phi) is 58.9. The van der Waals surface area contributed by atoms with E-state index < -0.39 is 0 Å². The molecule has 0 radical (unpaired) electrons. The van der Waals surface area contributed by atoms with Crippen LogP contribution in [0.1, 0.15) is 219 Å². The number of halogens is 2. The summed E-state index contributed by atoms with van der Waals surface area (Å²) < 4.78 is 13.6. The average molecular weight is 964 g/mol. The number of carbonyl (C=O) groups is 1. The molecule has 0 saturated heterocycles. The highest BCUT2D eigenvalue weighted by atomic mass is 35.5. The standard InChI is InChI=1S/C54H110N6O3.2ClH/c1-5-7-9-11-13-15-17-19-21-23-25-27-29-31-33-35-48-62-51-52(63-49-36-34-32-30-28-26-24-22-20-18-16-14-12-10-8-6-2)50-60(3,4)47-46-59-54(61)53(58-45-39-42-56)40-37-43-57-44-38-41-55;;/h19-22,52-53,57-58H,5-18,23-51,55-56H2,1-4H3;2*1H/b21-19-,22-20-;;. The van der Waals surface area contributed by atoms with Crippen molar-refractivity contribution in [1.82, 2.24) is 16.0 Å². The summed E-state index contributed by atoms with van der Waals surface area (Å²) in [7, 11) is 4.50. The van der Waals surface area contributed by atoms with Gasteiger partial charge in [-0.3, -0.25) is 4.79 Å². The maximum atomic E-state index is 13.3. The highest BCUT2D eigenvalue weighted by Crippen LogP contribution is 2.13. The number of quaternary nitrogens is 1. The zero-order valence-electron chi connectivity index (χ0n) is 43.5. The van der Waals surface area contributed by atoms with E-state index in [0.717, 1.165) is 88.9 Å². The topological polar surface area (TPSA) is 124 Å². The zero-order valence-corrected chi connectivity index (χ0v) is 45.1. The molecule has 2 atom stereocenters. The molecule has 65 heavy (non-hydrogen) atoms. The Morgan fingerprint density at radius 2 is 0.985 bits per heavy atom. The van der Waals surface area contributed by atoms with E-state index in [4.69, 9.17) is 20.9 Å². The lowest BCUT2D eigenvalue weighted by Crippen LogP contribution is -3.00. The van der Waals surface area contributed by atoms with Gasteiger partial charge in [0.2, 0.25) is 5.91 Å². The van der Waals surface area contributed by atoms with Crippen molar-refractivity contribution in [3.8, 4) is 0 Å². The number of ether oxygens (including phenoxy) is 2. The number of nitrogens with two attached hydrogens (primary N) is 2. The van der Waals surface area contributed by atoms with Gasteiger partial charge < -0.3 is 53.8 Å². The fourth-order valence-electron chi connectivity index (χ4n) is 8.15. The SMILES string of the molecule is CCCCCCCC/C=C\CCCCCCCCOCC(C[N+](C)(C)CCNC(=O)C(CCCNCCCN)NCCCN)OCCCCCCCC/C=C\CCCCCCCC.Cl.[Cl-]. The summed E-state index contributed by atoms with van der Waals surface area (Å²) in [5.41, 5.74) is 11.4. The molecule has 2 unspecified atom stereocenters. The third-order valence-electron chi connectivity index (χ3n) is 12.3. The van der Waals surface area contributed by atoms with Crippen LogP contribution in [0.15, 0.2) is 24.3 Å². The van der Waals surface area contributed by atoms with Crippen molar-refractivity contribution in [2.24, 2.45) is 11.5 Å². The van der Waals surface area contributed by atoms with Crippen LogP contribution in [0.5, 0.6) is 0 Å². The van der Waals surface area contributed by atoms with Gasteiger partial charge in [-0.15, -0.1) is 12.4 Å². The normalized spacial score (nSPS) is 12.8. The molecule has 0 saturated carbocycles. The van der Waals surface area contributed by atoms with Crippen LogP contribution >= 0.6 is 12.4 Å². The fourth-order valence-corrected chi connectivity index (χ4v) is 8.15. The van der Waals surface area contributed by atoms with E-state index in [1.165, 1.54) is 167 Å². The molecule has 0 aromatic rings.